The Balaban J connectivity index is 1.95. The Bertz CT molecular complexity index is 396. The van der Waals surface area contributed by atoms with Crippen LogP contribution >= 0.6 is 11.8 Å². The molecule has 18 heavy (non-hydrogen) atoms. The third-order valence-corrected chi connectivity index (χ3v) is 4.99. The van der Waals surface area contributed by atoms with Crippen molar-refractivity contribution in [2.24, 2.45) is 5.92 Å². The zero-order chi connectivity index (χ0) is 13.0. The first-order valence-electron chi connectivity index (χ1n) is 6.99. The zero-order valence-corrected chi connectivity index (χ0v) is 12.1. The van der Waals surface area contributed by atoms with E-state index < -0.39 is 0 Å². The van der Waals surface area contributed by atoms with Gasteiger partial charge in [-0.15, -0.1) is 11.8 Å². The van der Waals surface area contributed by atoms with Crippen molar-refractivity contribution in [3.63, 3.8) is 0 Å². The van der Waals surface area contributed by atoms with Crippen LogP contribution in [0.3, 0.4) is 0 Å². The van der Waals surface area contributed by atoms with Crippen LogP contribution < -0.4 is 0 Å². The SMILES string of the molecule is CCC(=O)c1ccc(SC2CCCC(C)C2)cc1. The smallest absolute Gasteiger partial charge is 0.162 e. The molecular weight excluding hydrogens is 240 g/mol. The van der Waals surface area contributed by atoms with Crippen LogP contribution in [-0.4, -0.2) is 11.0 Å². The Morgan fingerprint density at radius 3 is 2.61 bits per heavy atom. The summed E-state index contributed by atoms with van der Waals surface area (Å²) in [5.74, 6) is 1.11. The van der Waals surface area contributed by atoms with Crippen molar-refractivity contribution >= 4 is 17.5 Å². The number of thioether (sulfide) groups is 1. The van der Waals surface area contributed by atoms with Crippen LogP contribution in [0.2, 0.25) is 0 Å². The van der Waals surface area contributed by atoms with Gasteiger partial charge in [-0.2, -0.15) is 0 Å². The minimum absolute atomic E-state index is 0.234. The van der Waals surface area contributed by atoms with Gasteiger partial charge in [0.2, 0.25) is 0 Å². The Labute approximate surface area is 114 Å². The fourth-order valence-electron chi connectivity index (χ4n) is 2.60. The van der Waals surface area contributed by atoms with E-state index in [0.29, 0.717) is 6.42 Å². The molecule has 1 aliphatic rings. The largest absolute Gasteiger partial charge is 0.294 e. The fraction of sp³-hybridized carbons (Fsp3) is 0.562. The molecule has 1 aromatic carbocycles. The third-order valence-electron chi connectivity index (χ3n) is 3.69. The van der Waals surface area contributed by atoms with Crippen LogP contribution in [-0.2, 0) is 0 Å². The maximum atomic E-state index is 11.6. The monoisotopic (exact) mass is 262 g/mol. The van der Waals surface area contributed by atoms with Gasteiger partial charge in [0.25, 0.3) is 0 Å². The van der Waals surface area contributed by atoms with E-state index in [4.69, 9.17) is 0 Å². The minimum atomic E-state index is 0.234. The van der Waals surface area contributed by atoms with Gasteiger partial charge in [-0.05, 0) is 30.9 Å². The molecule has 1 nitrogen and oxygen atoms in total. The molecule has 0 saturated heterocycles. The highest BCUT2D eigenvalue weighted by Crippen LogP contribution is 2.36. The second-order valence-corrected chi connectivity index (χ2v) is 6.69. The van der Waals surface area contributed by atoms with Crippen LogP contribution in [0.1, 0.15) is 56.3 Å². The van der Waals surface area contributed by atoms with Crippen LogP contribution in [0.25, 0.3) is 0 Å². The molecule has 1 aromatic rings. The summed E-state index contributed by atoms with van der Waals surface area (Å²) in [5.41, 5.74) is 0.846. The number of benzene rings is 1. The predicted molar refractivity (Wildman–Crippen MR) is 78.3 cm³/mol. The molecule has 98 valence electrons. The number of carbonyl (C=O) groups excluding carboxylic acids is 1. The average Bonchev–Trinajstić information content (AvgIpc) is 2.39. The lowest BCUT2D eigenvalue weighted by molar-refractivity contribution is 0.0988. The Morgan fingerprint density at radius 2 is 2.00 bits per heavy atom. The number of carbonyl (C=O) groups is 1. The van der Waals surface area contributed by atoms with E-state index in [2.05, 4.69) is 19.1 Å². The van der Waals surface area contributed by atoms with Gasteiger partial charge < -0.3 is 0 Å². The quantitative estimate of drug-likeness (QED) is 0.714. The first-order valence-corrected chi connectivity index (χ1v) is 7.87. The van der Waals surface area contributed by atoms with Crippen LogP contribution in [0.4, 0.5) is 0 Å². The second-order valence-electron chi connectivity index (χ2n) is 5.31. The van der Waals surface area contributed by atoms with Gasteiger partial charge in [-0.25, -0.2) is 0 Å². The molecule has 0 bridgehead atoms. The van der Waals surface area contributed by atoms with Gasteiger partial charge in [-0.3, -0.25) is 4.79 Å². The number of hydrogen-bond donors (Lipinski definition) is 0. The van der Waals surface area contributed by atoms with Gasteiger partial charge in [0.15, 0.2) is 5.78 Å². The van der Waals surface area contributed by atoms with E-state index in [-0.39, 0.29) is 5.78 Å². The molecule has 2 atom stereocenters. The molecule has 0 amide bonds. The molecular formula is C16H22OS. The number of Topliss-reactive ketones (excluding diaryl/α,β-unsaturated/α-hetero) is 1. The van der Waals surface area contributed by atoms with E-state index >= 15 is 0 Å². The van der Waals surface area contributed by atoms with Crippen molar-refractivity contribution < 1.29 is 4.79 Å². The molecule has 2 rings (SSSR count). The molecule has 0 aromatic heterocycles. The molecule has 0 heterocycles. The number of rotatable bonds is 4. The van der Waals surface area contributed by atoms with E-state index in [9.17, 15) is 4.79 Å². The molecule has 0 radical (unpaired) electrons. The van der Waals surface area contributed by atoms with Crippen molar-refractivity contribution in [3.8, 4) is 0 Å². The van der Waals surface area contributed by atoms with Gasteiger partial charge in [0.1, 0.15) is 0 Å². The maximum absolute atomic E-state index is 11.6. The molecule has 0 N–H and O–H groups in total. The fourth-order valence-corrected chi connectivity index (χ4v) is 3.99. The summed E-state index contributed by atoms with van der Waals surface area (Å²) in [4.78, 5) is 12.9. The van der Waals surface area contributed by atoms with Gasteiger partial charge in [-0.1, -0.05) is 38.8 Å². The van der Waals surface area contributed by atoms with Crippen LogP contribution in [0.15, 0.2) is 29.2 Å². The Kier molecular flexibility index (Phi) is 4.87. The van der Waals surface area contributed by atoms with E-state index in [1.54, 1.807) is 0 Å². The highest BCUT2D eigenvalue weighted by Gasteiger charge is 2.19. The van der Waals surface area contributed by atoms with Crippen molar-refractivity contribution in [3.05, 3.63) is 29.8 Å². The maximum Gasteiger partial charge on any atom is 0.162 e. The summed E-state index contributed by atoms with van der Waals surface area (Å²) in [6, 6.07) is 8.15. The highest BCUT2D eigenvalue weighted by molar-refractivity contribution is 8.00. The molecule has 1 aliphatic carbocycles. The molecule has 0 spiro atoms. The van der Waals surface area contributed by atoms with Crippen molar-refractivity contribution in [1.82, 2.24) is 0 Å². The normalized spacial score (nSPS) is 23.9. The van der Waals surface area contributed by atoms with Crippen LogP contribution in [0, 0.1) is 5.92 Å². The molecule has 1 saturated carbocycles. The van der Waals surface area contributed by atoms with Crippen molar-refractivity contribution in [2.45, 2.75) is 56.1 Å². The van der Waals surface area contributed by atoms with Gasteiger partial charge in [0, 0.05) is 22.1 Å². The highest BCUT2D eigenvalue weighted by atomic mass is 32.2. The minimum Gasteiger partial charge on any atom is -0.294 e. The van der Waals surface area contributed by atoms with Crippen molar-refractivity contribution in [1.29, 1.82) is 0 Å². The Morgan fingerprint density at radius 1 is 1.28 bits per heavy atom. The standard InChI is InChI=1S/C16H22OS/c1-3-16(17)13-7-9-14(10-8-13)18-15-6-4-5-12(2)11-15/h7-10,12,15H,3-6,11H2,1-2H3. The molecule has 1 fully saturated rings. The zero-order valence-electron chi connectivity index (χ0n) is 11.3. The number of hydrogen-bond acceptors (Lipinski definition) is 2. The van der Waals surface area contributed by atoms with E-state index in [0.717, 1.165) is 16.7 Å². The third kappa shape index (κ3) is 3.61. The van der Waals surface area contributed by atoms with Gasteiger partial charge >= 0.3 is 0 Å². The first kappa shape index (κ1) is 13.7. The van der Waals surface area contributed by atoms with Crippen LogP contribution in [0.5, 0.6) is 0 Å². The molecule has 2 heteroatoms. The summed E-state index contributed by atoms with van der Waals surface area (Å²) in [6.45, 7) is 4.27. The predicted octanol–water partition coefficient (Wildman–Crippen LogP) is 4.95. The summed E-state index contributed by atoms with van der Waals surface area (Å²) >= 11 is 1.99. The summed E-state index contributed by atoms with van der Waals surface area (Å²) in [7, 11) is 0. The summed E-state index contributed by atoms with van der Waals surface area (Å²) < 4.78 is 0. The molecule has 0 aliphatic heterocycles. The summed E-state index contributed by atoms with van der Waals surface area (Å²) in [5, 5.41) is 0.765. The average molecular weight is 262 g/mol. The Hall–Kier alpha value is -0.760. The number of ketones is 1. The van der Waals surface area contributed by atoms with E-state index in [1.165, 1.54) is 30.6 Å². The lowest BCUT2D eigenvalue weighted by Crippen LogP contribution is -2.14. The first-order chi connectivity index (χ1) is 8.69. The molecule has 2 unspecified atom stereocenters. The lowest BCUT2D eigenvalue weighted by atomic mass is 9.91. The second kappa shape index (κ2) is 6.42. The topological polar surface area (TPSA) is 17.1 Å². The van der Waals surface area contributed by atoms with Gasteiger partial charge in [0.05, 0.1) is 0 Å². The van der Waals surface area contributed by atoms with Crippen molar-refractivity contribution in [2.75, 3.05) is 0 Å². The summed E-state index contributed by atoms with van der Waals surface area (Å²) in [6.07, 6.45) is 6.02. The van der Waals surface area contributed by atoms with E-state index in [1.807, 2.05) is 30.8 Å². The lowest BCUT2D eigenvalue weighted by Gasteiger charge is -2.26.